The van der Waals surface area contributed by atoms with Crippen LogP contribution in [0, 0.1) is 0 Å². The highest BCUT2D eigenvalue weighted by Crippen LogP contribution is 2.29. The Hall–Kier alpha value is -1.52. The molecule has 0 atom stereocenters. The first-order valence-electron chi connectivity index (χ1n) is 6.36. The van der Waals surface area contributed by atoms with Crippen molar-refractivity contribution < 1.29 is 4.74 Å². The Bertz CT molecular complexity index is 399. The van der Waals surface area contributed by atoms with Gasteiger partial charge in [0.15, 0.2) is 5.82 Å². The van der Waals surface area contributed by atoms with Crippen LogP contribution in [0.4, 0.5) is 11.5 Å². The topological polar surface area (TPSA) is 73.1 Å². The first kappa shape index (κ1) is 14.5. The van der Waals surface area contributed by atoms with Gasteiger partial charge in [-0.3, -0.25) is 0 Å². The van der Waals surface area contributed by atoms with Crippen molar-refractivity contribution in [3.8, 4) is 5.88 Å². The summed E-state index contributed by atoms with van der Waals surface area (Å²) in [5, 5.41) is 3.24. The molecule has 1 aromatic rings. The fraction of sp³-hybridized carbons (Fsp3) is 0.692. The maximum Gasteiger partial charge on any atom is 0.242 e. The summed E-state index contributed by atoms with van der Waals surface area (Å²) in [6.07, 6.45) is 2.21. The van der Waals surface area contributed by atoms with Gasteiger partial charge in [-0.15, -0.1) is 0 Å². The summed E-state index contributed by atoms with van der Waals surface area (Å²) in [5.41, 5.74) is 6.31. The standard InChI is InChI=1S/C13H24N4O/c1-6-7-8-15-10-9(14)11(18-5)17-12(16-10)13(2,3)4/h6-8,14H2,1-5H3,(H,15,16,17). The third kappa shape index (κ3) is 3.48. The van der Waals surface area contributed by atoms with Crippen LogP contribution >= 0.6 is 0 Å². The maximum absolute atomic E-state index is 5.98. The molecule has 18 heavy (non-hydrogen) atoms. The molecule has 0 spiro atoms. The van der Waals surface area contributed by atoms with Gasteiger partial charge >= 0.3 is 0 Å². The van der Waals surface area contributed by atoms with Crippen LogP contribution in [0.25, 0.3) is 0 Å². The van der Waals surface area contributed by atoms with Crippen LogP contribution in [-0.2, 0) is 5.41 Å². The Morgan fingerprint density at radius 2 is 1.94 bits per heavy atom. The monoisotopic (exact) mass is 252 g/mol. The van der Waals surface area contributed by atoms with Crippen LogP contribution in [0.1, 0.15) is 46.4 Å². The second-order valence-corrected chi connectivity index (χ2v) is 5.35. The Morgan fingerprint density at radius 1 is 1.28 bits per heavy atom. The van der Waals surface area contributed by atoms with E-state index in [9.17, 15) is 0 Å². The number of hydrogen-bond donors (Lipinski definition) is 2. The molecule has 0 fully saturated rings. The zero-order valence-corrected chi connectivity index (χ0v) is 12.0. The molecule has 5 nitrogen and oxygen atoms in total. The van der Waals surface area contributed by atoms with Crippen molar-refractivity contribution in [3.63, 3.8) is 0 Å². The van der Waals surface area contributed by atoms with Gasteiger partial charge in [-0.05, 0) is 6.42 Å². The fourth-order valence-corrected chi connectivity index (χ4v) is 1.46. The molecule has 0 saturated heterocycles. The van der Waals surface area contributed by atoms with E-state index in [2.05, 4.69) is 43.0 Å². The second-order valence-electron chi connectivity index (χ2n) is 5.35. The lowest BCUT2D eigenvalue weighted by molar-refractivity contribution is 0.391. The van der Waals surface area contributed by atoms with E-state index in [1.165, 1.54) is 0 Å². The molecule has 0 aliphatic heterocycles. The first-order chi connectivity index (χ1) is 8.40. The summed E-state index contributed by atoms with van der Waals surface area (Å²) in [5.74, 6) is 1.83. The lowest BCUT2D eigenvalue weighted by Crippen LogP contribution is -2.19. The summed E-state index contributed by atoms with van der Waals surface area (Å²) < 4.78 is 5.21. The number of nitrogens with two attached hydrogens (primary N) is 1. The van der Waals surface area contributed by atoms with Gasteiger partial charge in [0.2, 0.25) is 5.88 Å². The number of aromatic nitrogens is 2. The molecule has 0 saturated carbocycles. The molecule has 0 radical (unpaired) electrons. The van der Waals surface area contributed by atoms with E-state index in [-0.39, 0.29) is 5.41 Å². The van der Waals surface area contributed by atoms with E-state index in [0.29, 0.717) is 17.4 Å². The van der Waals surface area contributed by atoms with Crippen molar-refractivity contribution >= 4 is 11.5 Å². The minimum Gasteiger partial charge on any atom is -0.479 e. The molecule has 0 amide bonds. The minimum absolute atomic E-state index is 0.137. The third-order valence-corrected chi connectivity index (χ3v) is 2.60. The van der Waals surface area contributed by atoms with Gasteiger partial charge in [0, 0.05) is 12.0 Å². The molecule has 1 rings (SSSR count). The lowest BCUT2D eigenvalue weighted by atomic mass is 9.96. The molecule has 0 unspecified atom stereocenters. The van der Waals surface area contributed by atoms with Crippen molar-refractivity contribution in [2.24, 2.45) is 0 Å². The largest absolute Gasteiger partial charge is 0.479 e. The fourth-order valence-electron chi connectivity index (χ4n) is 1.46. The van der Waals surface area contributed by atoms with Gasteiger partial charge in [0.25, 0.3) is 0 Å². The van der Waals surface area contributed by atoms with Crippen LogP contribution in [0.5, 0.6) is 5.88 Å². The first-order valence-corrected chi connectivity index (χ1v) is 6.36. The molecule has 5 heteroatoms. The van der Waals surface area contributed by atoms with Crippen LogP contribution < -0.4 is 15.8 Å². The van der Waals surface area contributed by atoms with Crippen molar-refractivity contribution in [2.75, 3.05) is 24.7 Å². The zero-order valence-electron chi connectivity index (χ0n) is 12.0. The Labute approximate surface area is 109 Å². The number of rotatable bonds is 5. The molecule has 1 heterocycles. The molecular formula is C13H24N4O. The molecule has 3 N–H and O–H groups in total. The quantitative estimate of drug-likeness (QED) is 0.788. The average molecular weight is 252 g/mol. The summed E-state index contributed by atoms with van der Waals surface area (Å²) >= 11 is 0. The predicted octanol–water partition coefficient (Wildman–Crippen LogP) is 2.58. The van der Waals surface area contributed by atoms with E-state index in [0.717, 1.165) is 25.2 Å². The number of unbranched alkanes of at least 4 members (excludes halogenated alkanes) is 1. The predicted molar refractivity (Wildman–Crippen MR) is 75.1 cm³/mol. The average Bonchev–Trinajstić information content (AvgIpc) is 2.30. The Kier molecular flexibility index (Phi) is 4.76. The van der Waals surface area contributed by atoms with E-state index in [1.807, 2.05) is 0 Å². The van der Waals surface area contributed by atoms with Gasteiger partial charge in [-0.1, -0.05) is 34.1 Å². The van der Waals surface area contributed by atoms with Gasteiger partial charge in [-0.2, -0.15) is 4.98 Å². The van der Waals surface area contributed by atoms with E-state index >= 15 is 0 Å². The smallest absolute Gasteiger partial charge is 0.242 e. The van der Waals surface area contributed by atoms with Crippen molar-refractivity contribution in [1.82, 2.24) is 9.97 Å². The van der Waals surface area contributed by atoms with E-state index in [1.54, 1.807) is 7.11 Å². The van der Waals surface area contributed by atoms with Gasteiger partial charge in [0.1, 0.15) is 11.5 Å². The molecule has 0 aromatic carbocycles. The third-order valence-electron chi connectivity index (χ3n) is 2.60. The van der Waals surface area contributed by atoms with E-state index in [4.69, 9.17) is 10.5 Å². The summed E-state index contributed by atoms with van der Waals surface area (Å²) in [6, 6.07) is 0. The number of methoxy groups -OCH3 is 1. The van der Waals surface area contributed by atoms with Crippen LogP contribution in [0.2, 0.25) is 0 Å². The normalized spacial score (nSPS) is 11.4. The summed E-state index contributed by atoms with van der Waals surface area (Å²) in [7, 11) is 1.57. The van der Waals surface area contributed by atoms with Crippen molar-refractivity contribution in [2.45, 2.75) is 46.0 Å². The van der Waals surface area contributed by atoms with Gasteiger partial charge in [0.05, 0.1) is 7.11 Å². The van der Waals surface area contributed by atoms with Crippen molar-refractivity contribution in [3.05, 3.63) is 5.82 Å². The number of nitrogen functional groups attached to an aromatic ring is 1. The number of nitrogens with zero attached hydrogens (tertiary/aromatic N) is 2. The van der Waals surface area contributed by atoms with Crippen LogP contribution in [-0.4, -0.2) is 23.6 Å². The Morgan fingerprint density at radius 3 is 2.44 bits per heavy atom. The number of hydrogen-bond acceptors (Lipinski definition) is 5. The van der Waals surface area contributed by atoms with Crippen LogP contribution in [0.15, 0.2) is 0 Å². The molecule has 102 valence electrons. The highest BCUT2D eigenvalue weighted by molar-refractivity contribution is 5.67. The van der Waals surface area contributed by atoms with Gasteiger partial charge in [-0.25, -0.2) is 4.98 Å². The van der Waals surface area contributed by atoms with E-state index < -0.39 is 0 Å². The molecule has 0 aliphatic rings. The number of ether oxygens (including phenoxy) is 1. The SMILES string of the molecule is CCCCNc1nc(C(C)(C)C)nc(OC)c1N. The second kappa shape index (κ2) is 5.89. The number of anilines is 2. The van der Waals surface area contributed by atoms with Gasteiger partial charge < -0.3 is 15.8 Å². The minimum atomic E-state index is -0.137. The maximum atomic E-state index is 5.98. The molecule has 0 bridgehead atoms. The highest BCUT2D eigenvalue weighted by Gasteiger charge is 2.21. The number of nitrogens with one attached hydrogen (secondary N) is 1. The highest BCUT2D eigenvalue weighted by atomic mass is 16.5. The Balaban J connectivity index is 3.07. The van der Waals surface area contributed by atoms with Crippen molar-refractivity contribution in [1.29, 1.82) is 0 Å². The summed E-state index contributed by atoms with van der Waals surface area (Å²) in [6.45, 7) is 9.19. The molecule has 0 aliphatic carbocycles. The summed E-state index contributed by atoms with van der Waals surface area (Å²) in [4.78, 5) is 8.85. The van der Waals surface area contributed by atoms with Crippen LogP contribution in [0.3, 0.4) is 0 Å². The molecular weight excluding hydrogens is 228 g/mol. The lowest BCUT2D eigenvalue weighted by Gasteiger charge is -2.20. The zero-order chi connectivity index (χ0) is 13.8. The molecule has 1 aromatic heterocycles.